The Morgan fingerprint density at radius 2 is 0.550 bits per heavy atom. The molecule has 60 heavy (non-hydrogen) atoms. The average Bonchev–Trinajstić information content (AvgIpc) is 3.22. The highest BCUT2D eigenvalue weighted by Crippen LogP contribution is 2.17. The molecule has 1 atom stereocenters. The van der Waals surface area contributed by atoms with Gasteiger partial charge in [0.05, 0.1) is 0 Å². The topological polar surface area (TPSA) is 78.9 Å². The van der Waals surface area contributed by atoms with Gasteiger partial charge in [-0.15, -0.1) is 0 Å². The van der Waals surface area contributed by atoms with E-state index in [-0.39, 0.29) is 31.1 Å². The first-order valence-corrected chi connectivity index (χ1v) is 26.7. The van der Waals surface area contributed by atoms with Crippen LogP contribution in [-0.2, 0) is 28.6 Å². The Bertz CT molecular complexity index is 916. The standard InChI is InChI=1S/C54H104O6/c1-6-7-8-9-10-11-12-19-24-29-34-39-44-52(55)58-47-51(60-54(57)46-41-36-31-26-21-16-14-18-23-28-33-38-43-50(4)5)48-59-53(56)45-40-35-30-25-20-15-13-17-22-27-32-37-42-49(2)3/h49-51H,6-48H2,1-5H3/t51-/m0/s1. The van der Waals surface area contributed by atoms with E-state index >= 15 is 0 Å². The molecule has 0 aliphatic heterocycles. The van der Waals surface area contributed by atoms with Gasteiger partial charge in [0.15, 0.2) is 6.10 Å². The fraction of sp³-hybridized carbons (Fsp3) is 0.944. The van der Waals surface area contributed by atoms with Crippen LogP contribution in [0.3, 0.4) is 0 Å². The average molecular weight is 849 g/mol. The van der Waals surface area contributed by atoms with E-state index in [1.54, 1.807) is 0 Å². The smallest absolute Gasteiger partial charge is 0.306 e. The van der Waals surface area contributed by atoms with Crippen LogP contribution in [0, 0.1) is 11.8 Å². The molecule has 6 nitrogen and oxygen atoms in total. The zero-order valence-corrected chi connectivity index (χ0v) is 41.1. The number of unbranched alkanes of at least 4 members (excludes halogenated alkanes) is 33. The maximum absolute atomic E-state index is 12.8. The lowest BCUT2D eigenvalue weighted by atomic mass is 10.0. The number of carbonyl (C=O) groups is 3. The molecular weight excluding hydrogens is 745 g/mol. The third kappa shape index (κ3) is 47.5. The quantitative estimate of drug-likeness (QED) is 0.0345. The van der Waals surface area contributed by atoms with Crippen LogP contribution < -0.4 is 0 Å². The Hall–Kier alpha value is -1.59. The molecular formula is C54H104O6. The minimum atomic E-state index is -0.761. The molecule has 0 bridgehead atoms. The van der Waals surface area contributed by atoms with Crippen LogP contribution in [0.2, 0.25) is 0 Å². The highest BCUT2D eigenvalue weighted by molar-refractivity contribution is 5.71. The molecule has 0 N–H and O–H groups in total. The predicted molar refractivity (Wildman–Crippen MR) is 256 cm³/mol. The van der Waals surface area contributed by atoms with Crippen LogP contribution in [0.1, 0.15) is 298 Å². The lowest BCUT2D eigenvalue weighted by Gasteiger charge is -2.18. The molecule has 0 unspecified atom stereocenters. The molecule has 0 radical (unpaired) electrons. The van der Waals surface area contributed by atoms with Gasteiger partial charge in [-0.25, -0.2) is 0 Å². The fourth-order valence-electron chi connectivity index (χ4n) is 8.17. The molecule has 0 aromatic heterocycles. The van der Waals surface area contributed by atoms with Gasteiger partial charge in [0.25, 0.3) is 0 Å². The number of hydrogen-bond acceptors (Lipinski definition) is 6. The summed E-state index contributed by atoms with van der Waals surface area (Å²) in [6.07, 6.45) is 48.0. The number of carbonyl (C=O) groups excluding carboxylic acids is 3. The van der Waals surface area contributed by atoms with E-state index in [2.05, 4.69) is 34.6 Å². The Morgan fingerprint density at radius 1 is 0.317 bits per heavy atom. The predicted octanol–water partition coefficient (Wildman–Crippen LogP) is 17.3. The third-order valence-corrected chi connectivity index (χ3v) is 12.2. The first-order valence-electron chi connectivity index (χ1n) is 26.7. The molecule has 0 aliphatic carbocycles. The summed E-state index contributed by atoms with van der Waals surface area (Å²) in [6, 6.07) is 0. The van der Waals surface area contributed by atoms with Crippen molar-refractivity contribution in [3.63, 3.8) is 0 Å². The van der Waals surface area contributed by atoms with Gasteiger partial charge in [0.2, 0.25) is 0 Å². The second kappa shape index (κ2) is 46.9. The van der Waals surface area contributed by atoms with Crippen LogP contribution in [-0.4, -0.2) is 37.2 Å². The van der Waals surface area contributed by atoms with Gasteiger partial charge in [-0.2, -0.15) is 0 Å². The molecule has 0 amide bonds. The molecule has 0 fully saturated rings. The molecule has 0 aliphatic rings. The lowest BCUT2D eigenvalue weighted by Crippen LogP contribution is -2.30. The van der Waals surface area contributed by atoms with E-state index in [4.69, 9.17) is 14.2 Å². The fourth-order valence-corrected chi connectivity index (χ4v) is 8.17. The van der Waals surface area contributed by atoms with Crippen molar-refractivity contribution in [3.05, 3.63) is 0 Å². The van der Waals surface area contributed by atoms with Gasteiger partial charge >= 0.3 is 17.9 Å². The summed E-state index contributed by atoms with van der Waals surface area (Å²) >= 11 is 0. The Labute approximate surface area is 374 Å². The zero-order valence-electron chi connectivity index (χ0n) is 41.1. The van der Waals surface area contributed by atoms with E-state index in [1.165, 1.54) is 186 Å². The van der Waals surface area contributed by atoms with Crippen molar-refractivity contribution in [1.82, 2.24) is 0 Å². The van der Waals surface area contributed by atoms with E-state index < -0.39 is 6.10 Å². The normalized spacial score (nSPS) is 12.1. The number of hydrogen-bond donors (Lipinski definition) is 0. The first-order chi connectivity index (χ1) is 29.2. The molecule has 0 saturated heterocycles. The SMILES string of the molecule is CCCCCCCCCCCCCCC(=O)OC[C@@H](COC(=O)CCCCCCCCCCCCCCC(C)C)OC(=O)CCCCCCCCCCCCCCC(C)C. The monoisotopic (exact) mass is 849 g/mol. The molecule has 0 aromatic carbocycles. The molecule has 0 heterocycles. The summed E-state index contributed by atoms with van der Waals surface area (Å²) in [5.74, 6) is 0.821. The van der Waals surface area contributed by atoms with Gasteiger partial charge in [-0.3, -0.25) is 14.4 Å². The minimum Gasteiger partial charge on any atom is -0.462 e. The molecule has 0 saturated carbocycles. The summed E-state index contributed by atoms with van der Waals surface area (Å²) in [5.41, 5.74) is 0. The summed E-state index contributed by atoms with van der Waals surface area (Å²) in [4.78, 5) is 38.0. The van der Waals surface area contributed by atoms with E-state index in [0.717, 1.165) is 69.6 Å². The van der Waals surface area contributed by atoms with Crippen molar-refractivity contribution < 1.29 is 28.6 Å². The summed E-state index contributed by atoms with van der Waals surface area (Å²) in [7, 11) is 0. The number of ether oxygens (including phenoxy) is 3. The molecule has 0 aromatic rings. The van der Waals surface area contributed by atoms with E-state index in [9.17, 15) is 14.4 Å². The van der Waals surface area contributed by atoms with Crippen molar-refractivity contribution >= 4 is 17.9 Å². The van der Waals surface area contributed by atoms with E-state index in [1.807, 2.05) is 0 Å². The highest BCUT2D eigenvalue weighted by Gasteiger charge is 2.19. The molecule has 356 valence electrons. The maximum atomic E-state index is 12.8. The first kappa shape index (κ1) is 58.4. The van der Waals surface area contributed by atoms with Gasteiger partial charge in [-0.1, -0.05) is 259 Å². The van der Waals surface area contributed by atoms with Gasteiger partial charge in [0.1, 0.15) is 13.2 Å². The zero-order chi connectivity index (χ0) is 44.0. The molecule has 6 heteroatoms. The van der Waals surface area contributed by atoms with Gasteiger partial charge in [-0.05, 0) is 31.1 Å². The van der Waals surface area contributed by atoms with Crippen molar-refractivity contribution in [3.8, 4) is 0 Å². The van der Waals surface area contributed by atoms with Gasteiger partial charge < -0.3 is 14.2 Å². The largest absolute Gasteiger partial charge is 0.462 e. The van der Waals surface area contributed by atoms with Crippen molar-refractivity contribution in [2.45, 2.75) is 304 Å². The highest BCUT2D eigenvalue weighted by atomic mass is 16.6. The van der Waals surface area contributed by atoms with Crippen LogP contribution in [0.25, 0.3) is 0 Å². The summed E-state index contributed by atoms with van der Waals surface area (Å²) < 4.78 is 16.8. The number of rotatable bonds is 48. The minimum absolute atomic E-state index is 0.0633. The second-order valence-corrected chi connectivity index (χ2v) is 19.5. The van der Waals surface area contributed by atoms with Crippen LogP contribution >= 0.6 is 0 Å². The Morgan fingerprint density at radius 3 is 0.817 bits per heavy atom. The maximum Gasteiger partial charge on any atom is 0.306 e. The van der Waals surface area contributed by atoms with Crippen molar-refractivity contribution in [2.75, 3.05) is 13.2 Å². The summed E-state index contributed by atoms with van der Waals surface area (Å²) in [6.45, 7) is 11.4. The van der Waals surface area contributed by atoms with E-state index in [0.29, 0.717) is 19.3 Å². The molecule has 0 rings (SSSR count). The lowest BCUT2D eigenvalue weighted by molar-refractivity contribution is -0.167. The Balaban J connectivity index is 4.31. The number of esters is 3. The van der Waals surface area contributed by atoms with Crippen molar-refractivity contribution in [1.29, 1.82) is 0 Å². The van der Waals surface area contributed by atoms with Crippen molar-refractivity contribution in [2.24, 2.45) is 11.8 Å². The Kier molecular flexibility index (Phi) is 45.7. The third-order valence-electron chi connectivity index (χ3n) is 12.2. The van der Waals surface area contributed by atoms with Gasteiger partial charge in [0, 0.05) is 19.3 Å². The molecule has 0 spiro atoms. The van der Waals surface area contributed by atoms with Crippen LogP contribution in [0.15, 0.2) is 0 Å². The van der Waals surface area contributed by atoms with Crippen LogP contribution in [0.4, 0.5) is 0 Å². The van der Waals surface area contributed by atoms with Crippen LogP contribution in [0.5, 0.6) is 0 Å². The second-order valence-electron chi connectivity index (χ2n) is 19.5. The summed E-state index contributed by atoms with van der Waals surface area (Å²) in [5, 5.41) is 0.